The number of aromatic nitrogens is 2. The van der Waals surface area contributed by atoms with E-state index >= 15 is 0 Å². The first-order valence-electron chi connectivity index (χ1n) is 26.3. The van der Waals surface area contributed by atoms with E-state index in [-0.39, 0.29) is 54.3 Å². The number of nitrogens with two attached hydrogens (primary N) is 2. The maximum atomic E-state index is 13.0. The third-order valence-electron chi connectivity index (χ3n) is 13.7. The number of nitrogens with zero attached hydrogens (tertiary/aromatic N) is 8. The van der Waals surface area contributed by atoms with Crippen molar-refractivity contribution in [3.63, 3.8) is 0 Å². The number of hydrogen-bond acceptors (Lipinski definition) is 11. The fourth-order valence-corrected chi connectivity index (χ4v) is 9.24. The number of amides is 8. The van der Waals surface area contributed by atoms with E-state index in [1.54, 1.807) is 55.0 Å². The SMILES string of the molecule is N=C(N)Nc1ccc(CNC(=O)N2CCN(C(=O)O[C@H]3CCC[C@@H](OC(=O)N4CCN(C(=O)NCc5ccc(NC(=N)N)cc5)CC4)CCC3)CC2)cc1.O=C(O)N1CCN(C(=O)CCCCCCn2ccnc2)CC1. The summed E-state index contributed by atoms with van der Waals surface area (Å²) in [6.45, 7) is 6.72. The van der Waals surface area contributed by atoms with E-state index in [2.05, 4.69) is 30.8 Å². The average molecular weight is 1060 g/mol. The average Bonchev–Trinajstić information content (AvgIpc) is 3.94. The number of carbonyl (C=O) groups is 6. The normalized spacial score (nSPS) is 17.9. The Morgan fingerprint density at radius 3 is 1.38 bits per heavy atom. The number of rotatable bonds is 15. The molecule has 11 N–H and O–H groups in total. The maximum Gasteiger partial charge on any atom is 0.410 e. The van der Waals surface area contributed by atoms with Crippen LogP contribution in [0.5, 0.6) is 0 Å². The van der Waals surface area contributed by atoms with Gasteiger partial charge in [0.2, 0.25) is 5.91 Å². The van der Waals surface area contributed by atoms with Crippen LogP contribution in [-0.2, 0) is 33.9 Å². The Balaban J connectivity index is 0.000000354. The quantitative estimate of drug-likeness (QED) is 0.0568. The Kier molecular flexibility index (Phi) is 22.5. The van der Waals surface area contributed by atoms with Gasteiger partial charge in [-0.25, -0.2) is 29.0 Å². The Bertz CT molecular complexity index is 2220. The largest absolute Gasteiger partial charge is 0.465 e. The van der Waals surface area contributed by atoms with Crippen LogP contribution >= 0.6 is 0 Å². The zero-order valence-corrected chi connectivity index (χ0v) is 43.3. The summed E-state index contributed by atoms with van der Waals surface area (Å²) < 4.78 is 13.8. The fourth-order valence-electron chi connectivity index (χ4n) is 9.24. The summed E-state index contributed by atoms with van der Waals surface area (Å²) in [7, 11) is 0. The molecule has 0 bridgehead atoms. The number of urea groups is 2. The number of benzene rings is 2. The lowest BCUT2D eigenvalue weighted by Crippen LogP contribution is -2.53. The van der Waals surface area contributed by atoms with Crippen molar-refractivity contribution in [1.29, 1.82) is 10.8 Å². The second-order valence-electron chi connectivity index (χ2n) is 19.2. The summed E-state index contributed by atoms with van der Waals surface area (Å²) in [5.41, 5.74) is 13.9. The molecule has 0 atom stereocenters. The first-order chi connectivity index (χ1) is 36.7. The van der Waals surface area contributed by atoms with Crippen LogP contribution in [0.2, 0.25) is 0 Å². The van der Waals surface area contributed by atoms with E-state index in [0.717, 1.165) is 56.2 Å². The summed E-state index contributed by atoms with van der Waals surface area (Å²) in [5.74, 6) is -0.137. The highest BCUT2D eigenvalue weighted by molar-refractivity contribution is 5.90. The van der Waals surface area contributed by atoms with Crippen LogP contribution in [0.3, 0.4) is 0 Å². The molecule has 3 aromatic rings. The predicted molar refractivity (Wildman–Crippen MR) is 284 cm³/mol. The molecule has 8 amide bonds. The second-order valence-corrected chi connectivity index (χ2v) is 19.2. The zero-order chi connectivity index (χ0) is 54.2. The van der Waals surface area contributed by atoms with Crippen molar-refractivity contribution in [2.45, 2.75) is 102 Å². The predicted octanol–water partition coefficient (Wildman–Crippen LogP) is 4.67. The van der Waals surface area contributed by atoms with Gasteiger partial charge in [0, 0.05) is 128 Å². The van der Waals surface area contributed by atoms with Gasteiger partial charge in [0.25, 0.3) is 0 Å². The molecule has 0 unspecified atom stereocenters. The fraction of sp³-hybridized carbons (Fsp3) is 0.549. The van der Waals surface area contributed by atoms with Crippen molar-refractivity contribution in [2.75, 3.05) is 89.2 Å². The van der Waals surface area contributed by atoms with Crippen molar-refractivity contribution in [1.82, 2.24) is 49.6 Å². The van der Waals surface area contributed by atoms with Gasteiger partial charge in [-0.3, -0.25) is 15.6 Å². The highest BCUT2D eigenvalue weighted by Gasteiger charge is 2.30. The Morgan fingerprint density at radius 1 is 0.566 bits per heavy atom. The van der Waals surface area contributed by atoms with E-state index in [4.69, 9.17) is 36.9 Å². The number of anilines is 2. The van der Waals surface area contributed by atoms with Crippen LogP contribution in [0.25, 0.3) is 0 Å². The van der Waals surface area contributed by atoms with Gasteiger partial charge in [-0.1, -0.05) is 37.1 Å². The van der Waals surface area contributed by atoms with Gasteiger partial charge < -0.3 is 81.3 Å². The summed E-state index contributed by atoms with van der Waals surface area (Å²) in [4.78, 5) is 88.1. The van der Waals surface area contributed by atoms with Gasteiger partial charge >= 0.3 is 30.3 Å². The number of aryl methyl sites for hydroxylation is 1. The number of nitrogens with one attached hydrogen (secondary N) is 6. The minimum atomic E-state index is -0.898. The van der Waals surface area contributed by atoms with Gasteiger partial charge in [0.05, 0.1) is 6.33 Å². The molecule has 25 heteroatoms. The van der Waals surface area contributed by atoms with Crippen molar-refractivity contribution < 1.29 is 43.3 Å². The van der Waals surface area contributed by atoms with E-state index in [9.17, 15) is 28.8 Å². The van der Waals surface area contributed by atoms with Crippen molar-refractivity contribution >= 4 is 59.5 Å². The monoisotopic (exact) mass is 1060 g/mol. The lowest BCUT2D eigenvalue weighted by molar-refractivity contribution is -0.132. The summed E-state index contributed by atoms with van der Waals surface area (Å²) in [6.07, 6.45) is 12.5. The summed E-state index contributed by atoms with van der Waals surface area (Å²) >= 11 is 0. The van der Waals surface area contributed by atoms with Crippen LogP contribution in [0, 0.1) is 10.8 Å². The molecular formula is C51H76N16O9. The molecule has 25 nitrogen and oxygen atoms in total. The molecular weight excluding hydrogens is 981 g/mol. The van der Waals surface area contributed by atoms with E-state index in [1.165, 1.54) is 4.90 Å². The molecule has 0 radical (unpaired) electrons. The van der Waals surface area contributed by atoms with Crippen LogP contribution < -0.4 is 32.7 Å². The number of piperazine rings is 3. The number of imidazole rings is 1. The third-order valence-corrected chi connectivity index (χ3v) is 13.7. The zero-order valence-electron chi connectivity index (χ0n) is 43.3. The lowest BCUT2D eigenvalue weighted by atomic mass is 9.96. The van der Waals surface area contributed by atoms with Crippen molar-refractivity contribution in [3.8, 4) is 0 Å². The molecule has 1 aromatic heterocycles. The van der Waals surface area contributed by atoms with Gasteiger partial charge in [-0.15, -0.1) is 0 Å². The lowest BCUT2D eigenvalue weighted by Gasteiger charge is -2.36. The Morgan fingerprint density at radius 2 is 0.974 bits per heavy atom. The maximum absolute atomic E-state index is 13.0. The van der Waals surface area contributed by atoms with Gasteiger partial charge in [-0.05, 0) is 86.8 Å². The van der Waals surface area contributed by atoms with Gasteiger partial charge in [-0.2, -0.15) is 0 Å². The van der Waals surface area contributed by atoms with Crippen LogP contribution in [0.1, 0.15) is 81.8 Å². The van der Waals surface area contributed by atoms with Gasteiger partial charge in [0.1, 0.15) is 12.2 Å². The number of ether oxygens (including phenoxy) is 2. The summed E-state index contributed by atoms with van der Waals surface area (Å²) in [6, 6.07) is 14.1. The molecule has 3 aliphatic heterocycles. The number of hydrogen-bond donors (Lipinski definition) is 9. The molecule has 4 fully saturated rings. The van der Waals surface area contributed by atoms with Crippen LogP contribution in [0.15, 0.2) is 67.3 Å². The van der Waals surface area contributed by atoms with E-state index < -0.39 is 6.09 Å². The number of unbranched alkanes of at least 4 members (excludes halogenated alkanes) is 3. The second kappa shape index (κ2) is 29.8. The topological polar surface area (TPSA) is 326 Å². The van der Waals surface area contributed by atoms with Crippen molar-refractivity contribution in [2.24, 2.45) is 11.5 Å². The summed E-state index contributed by atoms with van der Waals surface area (Å²) in [5, 5.41) is 34.7. The minimum Gasteiger partial charge on any atom is -0.465 e. The first-order valence-corrected chi connectivity index (χ1v) is 26.3. The smallest absolute Gasteiger partial charge is 0.410 e. The molecule has 7 rings (SSSR count). The van der Waals surface area contributed by atoms with E-state index in [1.807, 2.05) is 36.8 Å². The van der Waals surface area contributed by atoms with Crippen LogP contribution in [0.4, 0.5) is 35.3 Å². The molecule has 2 aromatic carbocycles. The molecule has 1 aliphatic carbocycles. The molecule has 414 valence electrons. The molecule has 1 saturated carbocycles. The Hall–Kier alpha value is -7.99. The Labute approximate surface area is 443 Å². The van der Waals surface area contributed by atoms with Crippen LogP contribution in [-0.4, -0.2) is 183 Å². The standard InChI is InChI=1S/C36H52N12O6.C15H24N4O3/c37-31(38)43-27-11-7-25(8-12-27)23-41-33(49)45-15-19-47(20-16-45)35(51)53-29-3-1-4-30(6-2-5-29)54-36(52)48-21-17-46(18-22-48)34(50)42-24-26-9-13-28(14-10-26)44-32(39)40;20-14(18-9-11-19(12-10-18)15(21)22)5-3-1-2-4-7-17-8-6-16-13-17/h7-14,29-30H,1-6,15-24H2,(H,41,49)(H,42,50)(H4,37,38,43)(H4,39,40,44);6,8,13H,1-5,7,9-12H2,(H,21,22)/t29-,30+;. The third kappa shape index (κ3) is 19.4. The highest BCUT2D eigenvalue weighted by Crippen LogP contribution is 2.24. The molecule has 4 aliphatic rings. The molecule has 76 heavy (non-hydrogen) atoms. The van der Waals surface area contributed by atoms with Crippen molar-refractivity contribution in [3.05, 3.63) is 78.4 Å². The molecule has 0 spiro atoms. The molecule has 4 heterocycles. The molecule has 3 saturated heterocycles. The number of carbonyl (C=O) groups excluding carboxylic acids is 5. The first kappa shape index (κ1) is 57.3. The number of carboxylic acid groups (broad SMARTS) is 1. The van der Waals surface area contributed by atoms with E-state index in [0.29, 0.717) is 135 Å². The number of guanidine groups is 2. The van der Waals surface area contributed by atoms with Gasteiger partial charge in [0.15, 0.2) is 11.9 Å². The highest BCUT2D eigenvalue weighted by atomic mass is 16.6. The minimum absolute atomic E-state index is 0.145.